The van der Waals surface area contributed by atoms with Crippen molar-refractivity contribution in [3.63, 3.8) is 0 Å². The summed E-state index contributed by atoms with van der Waals surface area (Å²) in [6.45, 7) is 6.37. The van der Waals surface area contributed by atoms with E-state index in [2.05, 4.69) is 54.2 Å². The Morgan fingerprint density at radius 3 is 2.20 bits per heavy atom. The van der Waals surface area contributed by atoms with Gasteiger partial charge in [0.1, 0.15) is 5.75 Å². The summed E-state index contributed by atoms with van der Waals surface area (Å²) in [6.07, 6.45) is 0.925. The molecule has 106 valence electrons. The molecule has 0 aromatic heterocycles. The van der Waals surface area contributed by atoms with Crippen LogP contribution in [0, 0.1) is 13.8 Å². The van der Waals surface area contributed by atoms with E-state index in [1.165, 1.54) is 21.2 Å². The molecule has 2 rings (SSSR count). The number of phenolic OH excluding ortho intramolecular Hbond substituents is 1. The summed E-state index contributed by atoms with van der Waals surface area (Å²) in [5.74, 6) is 0.313. The van der Waals surface area contributed by atoms with Gasteiger partial charge in [-0.2, -0.15) is 0 Å². The predicted molar refractivity (Wildman–Crippen MR) is 88.5 cm³/mol. The lowest BCUT2D eigenvalue weighted by atomic mass is 10.1. The van der Waals surface area contributed by atoms with Gasteiger partial charge in [-0.1, -0.05) is 28.1 Å². The van der Waals surface area contributed by atoms with E-state index >= 15 is 0 Å². The average molecular weight is 334 g/mol. The van der Waals surface area contributed by atoms with E-state index in [1.807, 2.05) is 12.1 Å². The van der Waals surface area contributed by atoms with Gasteiger partial charge in [0, 0.05) is 16.2 Å². The monoisotopic (exact) mass is 333 g/mol. The number of aromatic hydroxyl groups is 1. The standard InChI is InChI=1S/C17H20BrNO/c1-11-8-15(9-12(2)17(11)18)19-13(3)10-14-4-6-16(20)7-5-14/h4-9,13,19-20H,10H2,1-3H3. The number of benzene rings is 2. The molecule has 0 radical (unpaired) electrons. The third-order valence-corrected chi connectivity index (χ3v) is 4.58. The molecule has 0 heterocycles. The number of hydrogen-bond donors (Lipinski definition) is 2. The van der Waals surface area contributed by atoms with Crippen molar-refractivity contribution in [2.24, 2.45) is 0 Å². The third kappa shape index (κ3) is 3.76. The first-order valence-electron chi connectivity index (χ1n) is 6.77. The lowest BCUT2D eigenvalue weighted by molar-refractivity contribution is 0.475. The fourth-order valence-electron chi connectivity index (χ4n) is 2.35. The van der Waals surface area contributed by atoms with Gasteiger partial charge in [-0.3, -0.25) is 0 Å². The van der Waals surface area contributed by atoms with Gasteiger partial charge in [-0.05, 0) is 68.1 Å². The fraction of sp³-hybridized carbons (Fsp3) is 0.294. The molecule has 0 spiro atoms. The Bertz CT molecular complexity index is 569. The molecule has 0 aliphatic rings. The Balaban J connectivity index is 2.04. The Hall–Kier alpha value is -1.48. The van der Waals surface area contributed by atoms with Crippen LogP contribution in [0.1, 0.15) is 23.6 Å². The van der Waals surface area contributed by atoms with Crippen molar-refractivity contribution in [2.75, 3.05) is 5.32 Å². The quantitative estimate of drug-likeness (QED) is 0.841. The van der Waals surface area contributed by atoms with Gasteiger partial charge in [0.2, 0.25) is 0 Å². The highest BCUT2D eigenvalue weighted by Gasteiger charge is 2.07. The summed E-state index contributed by atoms with van der Waals surface area (Å²) in [5, 5.41) is 12.8. The van der Waals surface area contributed by atoms with E-state index in [0.29, 0.717) is 11.8 Å². The van der Waals surface area contributed by atoms with Gasteiger partial charge >= 0.3 is 0 Å². The van der Waals surface area contributed by atoms with Crippen LogP contribution in [0.5, 0.6) is 5.75 Å². The molecule has 0 saturated heterocycles. The summed E-state index contributed by atoms with van der Waals surface area (Å²) < 4.78 is 1.18. The molecule has 0 saturated carbocycles. The third-order valence-electron chi connectivity index (χ3n) is 3.33. The molecule has 0 aliphatic heterocycles. The SMILES string of the molecule is Cc1cc(NC(C)Cc2ccc(O)cc2)cc(C)c1Br. The lowest BCUT2D eigenvalue weighted by Crippen LogP contribution is -2.18. The van der Waals surface area contributed by atoms with Crippen molar-refractivity contribution in [2.45, 2.75) is 33.2 Å². The first kappa shape index (κ1) is 14.9. The largest absolute Gasteiger partial charge is 0.508 e. The average Bonchev–Trinajstić information content (AvgIpc) is 2.38. The lowest BCUT2D eigenvalue weighted by Gasteiger charge is -2.17. The summed E-state index contributed by atoms with van der Waals surface area (Å²) in [7, 11) is 0. The van der Waals surface area contributed by atoms with Crippen LogP contribution in [0.2, 0.25) is 0 Å². The van der Waals surface area contributed by atoms with Crippen molar-refractivity contribution in [3.8, 4) is 5.75 Å². The number of aryl methyl sites for hydroxylation is 2. The minimum atomic E-state index is 0.313. The van der Waals surface area contributed by atoms with E-state index in [4.69, 9.17) is 0 Å². The van der Waals surface area contributed by atoms with Crippen LogP contribution < -0.4 is 5.32 Å². The maximum Gasteiger partial charge on any atom is 0.115 e. The summed E-state index contributed by atoms with van der Waals surface area (Å²) >= 11 is 3.59. The molecule has 1 unspecified atom stereocenters. The highest BCUT2D eigenvalue weighted by molar-refractivity contribution is 9.10. The van der Waals surface area contributed by atoms with Crippen molar-refractivity contribution < 1.29 is 5.11 Å². The zero-order valence-corrected chi connectivity index (χ0v) is 13.7. The molecule has 2 aromatic carbocycles. The van der Waals surface area contributed by atoms with Gasteiger partial charge in [-0.25, -0.2) is 0 Å². The molecule has 1 atom stereocenters. The second kappa shape index (κ2) is 6.31. The molecule has 0 aliphatic carbocycles. The maximum atomic E-state index is 9.29. The molecule has 2 N–H and O–H groups in total. The van der Waals surface area contributed by atoms with Crippen LogP contribution in [0.25, 0.3) is 0 Å². The molecule has 3 heteroatoms. The topological polar surface area (TPSA) is 32.3 Å². The van der Waals surface area contributed by atoms with Crippen LogP contribution in [0.3, 0.4) is 0 Å². The highest BCUT2D eigenvalue weighted by atomic mass is 79.9. The number of halogens is 1. The van der Waals surface area contributed by atoms with Gasteiger partial charge in [-0.15, -0.1) is 0 Å². The Labute approximate surface area is 129 Å². The second-order valence-electron chi connectivity index (χ2n) is 5.34. The Morgan fingerprint density at radius 2 is 1.65 bits per heavy atom. The van der Waals surface area contributed by atoms with Gasteiger partial charge < -0.3 is 10.4 Å². The zero-order chi connectivity index (χ0) is 14.7. The predicted octanol–water partition coefficient (Wildman–Crippen LogP) is 4.81. The fourth-order valence-corrected chi connectivity index (χ4v) is 2.58. The summed E-state index contributed by atoms with van der Waals surface area (Å²) in [6, 6.07) is 12.0. The minimum absolute atomic E-state index is 0.313. The van der Waals surface area contributed by atoms with Crippen LogP contribution in [0.4, 0.5) is 5.69 Å². The first-order valence-corrected chi connectivity index (χ1v) is 7.56. The first-order chi connectivity index (χ1) is 9.45. The van der Waals surface area contributed by atoms with E-state index in [1.54, 1.807) is 12.1 Å². The van der Waals surface area contributed by atoms with E-state index in [-0.39, 0.29) is 0 Å². The van der Waals surface area contributed by atoms with E-state index < -0.39 is 0 Å². The number of rotatable bonds is 4. The maximum absolute atomic E-state index is 9.29. The molecule has 2 aromatic rings. The summed E-state index contributed by atoms with van der Waals surface area (Å²) in [4.78, 5) is 0. The molecule has 0 amide bonds. The van der Waals surface area contributed by atoms with Gasteiger partial charge in [0.15, 0.2) is 0 Å². The molecular weight excluding hydrogens is 314 g/mol. The van der Waals surface area contributed by atoms with Crippen LogP contribution in [-0.4, -0.2) is 11.1 Å². The highest BCUT2D eigenvalue weighted by Crippen LogP contribution is 2.25. The van der Waals surface area contributed by atoms with E-state index in [0.717, 1.165) is 12.1 Å². The van der Waals surface area contributed by atoms with E-state index in [9.17, 15) is 5.11 Å². The second-order valence-corrected chi connectivity index (χ2v) is 6.13. The number of anilines is 1. The molecular formula is C17H20BrNO. The summed E-state index contributed by atoms with van der Waals surface area (Å²) in [5.41, 5.74) is 4.84. The van der Waals surface area contributed by atoms with Crippen molar-refractivity contribution in [1.82, 2.24) is 0 Å². The Kier molecular flexibility index (Phi) is 4.71. The van der Waals surface area contributed by atoms with Gasteiger partial charge in [0.25, 0.3) is 0 Å². The van der Waals surface area contributed by atoms with Crippen LogP contribution in [0.15, 0.2) is 40.9 Å². The number of phenols is 1. The molecule has 0 bridgehead atoms. The van der Waals surface area contributed by atoms with Crippen LogP contribution >= 0.6 is 15.9 Å². The molecule has 20 heavy (non-hydrogen) atoms. The number of nitrogens with one attached hydrogen (secondary N) is 1. The smallest absolute Gasteiger partial charge is 0.115 e. The van der Waals surface area contributed by atoms with Gasteiger partial charge in [0.05, 0.1) is 0 Å². The van der Waals surface area contributed by atoms with Crippen molar-refractivity contribution >= 4 is 21.6 Å². The number of hydrogen-bond acceptors (Lipinski definition) is 2. The van der Waals surface area contributed by atoms with Crippen molar-refractivity contribution in [3.05, 3.63) is 57.6 Å². The van der Waals surface area contributed by atoms with Crippen LogP contribution in [-0.2, 0) is 6.42 Å². The minimum Gasteiger partial charge on any atom is -0.508 e. The molecule has 0 fully saturated rings. The molecule has 2 nitrogen and oxygen atoms in total. The Morgan fingerprint density at radius 1 is 1.10 bits per heavy atom. The van der Waals surface area contributed by atoms with Crippen molar-refractivity contribution in [1.29, 1.82) is 0 Å². The normalized spacial score (nSPS) is 12.2. The zero-order valence-electron chi connectivity index (χ0n) is 12.1.